The standard InChI is InChI=1S/C14H16BrNO/c1-3-11(17)6-9(2)13-8-16-14-5-4-10(15)7-12(13)14/h4-5,7-9,16H,3,6H2,1-2H3. The predicted octanol–water partition coefficient (Wildman–Crippen LogP) is 4.40. The number of halogens is 1. The van der Waals surface area contributed by atoms with Crippen molar-refractivity contribution < 1.29 is 4.79 Å². The van der Waals surface area contributed by atoms with Gasteiger partial charge >= 0.3 is 0 Å². The van der Waals surface area contributed by atoms with Crippen LogP contribution >= 0.6 is 15.9 Å². The molecule has 1 unspecified atom stereocenters. The van der Waals surface area contributed by atoms with E-state index in [0.717, 1.165) is 9.99 Å². The summed E-state index contributed by atoms with van der Waals surface area (Å²) in [5, 5.41) is 1.20. The van der Waals surface area contributed by atoms with Gasteiger partial charge in [0.25, 0.3) is 0 Å². The molecule has 2 nitrogen and oxygen atoms in total. The van der Waals surface area contributed by atoms with Gasteiger partial charge in [0, 0.05) is 34.4 Å². The van der Waals surface area contributed by atoms with Crippen molar-refractivity contribution in [1.82, 2.24) is 4.98 Å². The Morgan fingerprint density at radius 2 is 2.24 bits per heavy atom. The second-order valence-corrected chi connectivity index (χ2v) is 5.35. The first-order valence-corrected chi connectivity index (χ1v) is 6.69. The van der Waals surface area contributed by atoms with Crippen molar-refractivity contribution >= 4 is 32.6 Å². The lowest BCUT2D eigenvalue weighted by molar-refractivity contribution is -0.119. The Bertz CT molecular complexity index is 544. The zero-order chi connectivity index (χ0) is 12.4. The molecule has 3 heteroatoms. The minimum atomic E-state index is 0.269. The molecule has 0 aliphatic rings. The Labute approximate surface area is 110 Å². The minimum absolute atomic E-state index is 0.269. The minimum Gasteiger partial charge on any atom is -0.361 e. The number of hydrogen-bond acceptors (Lipinski definition) is 1. The van der Waals surface area contributed by atoms with Crippen LogP contribution in [0.2, 0.25) is 0 Å². The summed E-state index contributed by atoms with van der Waals surface area (Å²) < 4.78 is 1.07. The quantitative estimate of drug-likeness (QED) is 0.890. The molecule has 1 N–H and O–H groups in total. The van der Waals surface area contributed by atoms with Gasteiger partial charge in [0.1, 0.15) is 5.78 Å². The molecule has 0 amide bonds. The Morgan fingerprint density at radius 1 is 1.47 bits per heavy atom. The van der Waals surface area contributed by atoms with E-state index in [-0.39, 0.29) is 5.92 Å². The van der Waals surface area contributed by atoms with Crippen LogP contribution in [0.3, 0.4) is 0 Å². The number of aromatic amines is 1. The topological polar surface area (TPSA) is 32.9 Å². The van der Waals surface area contributed by atoms with Crippen molar-refractivity contribution in [3.8, 4) is 0 Å². The molecule has 1 heterocycles. The summed E-state index contributed by atoms with van der Waals surface area (Å²) in [5.74, 6) is 0.590. The summed E-state index contributed by atoms with van der Waals surface area (Å²) in [4.78, 5) is 14.8. The molecule has 90 valence electrons. The Hall–Kier alpha value is -1.09. The molecule has 0 fully saturated rings. The molecular formula is C14H16BrNO. The maximum absolute atomic E-state index is 11.5. The highest BCUT2D eigenvalue weighted by Crippen LogP contribution is 2.29. The van der Waals surface area contributed by atoms with Gasteiger partial charge in [0.05, 0.1) is 0 Å². The first-order valence-electron chi connectivity index (χ1n) is 5.90. The monoisotopic (exact) mass is 293 g/mol. The summed E-state index contributed by atoms with van der Waals surface area (Å²) in [6.07, 6.45) is 3.26. The Morgan fingerprint density at radius 3 is 2.94 bits per heavy atom. The highest BCUT2D eigenvalue weighted by Gasteiger charge is 2.14. The molecule has 1 atom stereocenters. The van der Waals surface area contributed by atoms with E-state index in [1.54, 1.807) is 0 Å². The fourth-order valence-corrected chi connectivity index (χ4v) is 2.48. The maximum atomic E-state index is 11.5. The Kier molecular flexibility index (Phi) is 3.67. The number of Topliss-reactive ketones (excluding diaryl/α,β-unsaturated/α-hetero) is 1. The predicted molar refractivity (Wildman–Crippen MR) is 74.3 cm³/mol. The van der Waals surface area contributed by atoms with Gasteiger partial charge in [0.15, 0.2) is 0 Å². The van der Waals surface area contributed by atoms with Gasteiger partial charge in [-0.1, -0.05) is 29.8 Å². The average Bonchev–Trinajstić information content (AvgIpc) is 2.71. The summed E-state index contributed by atoms with van der Waals surface area (Å²) >= 11 is 3.48. The molecule has 17 heavy (non-hydrogen) atoms. The fourth-order valence-electron chi connectivity index (χ4n) is 2.12. The van der Waals surface area contributed by atoms with E-state index in [4.69, 9.17) is 0 Å². The van der Waals surface area contributed by atoms with Crippen molar-refractivity contribution in [3.05, 3.63) is 34.4 Å². The van der Waals surface area contributed by atoms with E-state index in [2.05, 4.69) is 40.0 Å². The fraction of sp³-hybridized carbons (Fsp3) is 0.357. The zero-order valence-electron chi connectivity index (χ0n) is 10.1. The van der Waals surface area contributed by atoms with Gasteiger partial charge in [-0.05, 0) is 29.7 Å². The van der Waals surface area contributed by atoms with E-state index in [0.29, 0.717) is 18.6 Å². The van der Waals surface area contributed by atoms with Gasteiger partial charge in [-0.2, -0.15) is 0 Å². The molecule has 0 radical (unpaired) electrons. The summed E-state index contributed by atoms with van der Waals surface area (Å²) in [6.45, 7) is 4.03. The molecular weight excluding hydrogens is 278 g/mol. The maximum Gasteiger partial charge on any atom is 0.133 e. The lowest BCUT2D eigenvalue weighted by atomic mass is 9.94. The molecule has 2 rings (SSSR count). The van der Waals surface area contributed by atoms with Crippen LogP contribution in [0.5, 0.6) is 0 Å². The molecule has 0 aliphatic carbocycles. The zero-order valence-corrected chi connectivity index (χ0v) is 11.7. The van der Waals surface area contributed by atoms with Gasteiger partial charge in [-0.3, -0.25) is 4.79 Å². The number of ketones is 1. The Balaban J connectivity index is 2.35. The molecule has 0 saturated heterocycles. The van der Waals surface area contributed by atoms with Crippen LogP contribution in [0.25, 0.3) is 10.9 Å². The number of H-pyrrole nitrogens is 1. The highest BCUT2D eigenvalue weighted by atomic mass is 79.9. The second-order valence-electron chi connectivity index (χ2n) is 4.43. The number of carbonyl (C=O) groups is 1. The van der Waals surface area contributed by atoms with Crippen LogP contribution < -0.4 is 0 Å². The summed E-state index contributed by atoms with van der Waals surface area (Å²) in [5.41, 5.74) is 2.35. The lowest BCUT2D eigenvalue weighted by Gasteiger charge is -2.09. The molecule has 0 saturated carbocycles. The van der Waals surface area contributed by atoms with E-state index >= 15 is 0 Å². The van der Waals surface area contributed by atoms with Crippen molar-refractivity contribution in [2.45, 2.75) is 32.6 Å². The number of nitrogens with one attached hydrogen (secondary N) is 1. The first-order chi connectivity index (χ1) is 8.11. The smallest absolute Gasteiger partial charge is 0.133 e. The largest absolute Gasteiger partial charge is 0.361 e. The van der Waals surface area contributed by atoms with Gasteiger partial charge in [-0.25, -0.2) is 0 Å². The van der Waals surface area contributed by atoms with E-state index in [1.165, 1.54) is 10.9 Å². The number of carbonyl (C=O) groups excluding carboxylic acids is 1. The third-order valence-electron chi connectivity index (χ3n) is 3.13. The third-order valence-corrected chi connectivity index (χ3v) is 3.63. The van der Waals surface area contributed by atoms with E-state index < -0.39 is 0 Å². The van der Waals surface area contributed by atoms with Crippen LogP contribution in [0.15, 0.2) is 28.9 Å². The molecule has 1 aromatic carbocycles. The number of fused-ring (bicyclic) bond motifs is 1. The molecule has 2 aromatic rings. The summed E-state index contributed by atoms with van der Waals surface area (Å²) in [6, 6.07) is 6.18. The van der Waals surface area contributed by atoms with E-state index in [9.17, 15) is 4.79 Å². The van der Waals surface area contributed by atoms with Crippen molar-refractivity contribution in [2.24, 2.45) is 0 Å². The van der Waals surface area contributed by atoms with Crippen molar-refractivity contribution in [2.75, 3.05) is 0 Å². The highest BCUT2D eigenvalue weighted by molar-refractivity contribution is 9.10. The second kappa shape index (κ2) is 5.05. The normalized spacial score (nSPS) is 12.9. The van der Waals surface area contributed by atoms with Crippen LogP contribution in [-0.2, 0) is 4.79 Å². The van der Waals surface area contributed by atoms with Crippen LogP contribution in [-0.4, -0.2) is 10.8 Å². The SMILES string of the molecule is CCC(=O)CC(C)c1c[nH]c2ccc(Br)cc12. The molecule has 0 bridgehead atoms. The van der Waals surface area contributed by atoms with Gasteiger partial charge in [-0.15, -0.1) is 0 Å². The number of hydrogen-bond donors (Lipinski definition) is 1. The number of aromatic nitrogens is 1. The van der Waals surface area contributed by atoms with Crippen molar-refractivity contribution in [3.63, 3.8) is 0 Å². The number of benzene rings is 1. The average molecular weight is 294 g/mol. The first kappa shape index (κ1) is 12.4. The third kappa shape index (κ3) is 2.60. The van der Waals surface area contributed by atoms with Crippen LogP contribution in [0, 0.1) is 0 Å². The summed E-state index contributed by atoms with van der Waals surface area (Å²) in [7, 11) is 0. The van der Waals surface area contributed by atoms with Gasteiger partial charge < -0.3 is 4.98 Å². The van der Waals surface area contributed by atoms with Crippen LogP contribution in [0.1, 0.15) is 38.2 Å². The molecule has 0 spiro atoms. The van der Waals surface area contributed by atoms with E-state index in [1.807, 2.05) is 19.2 Å². The molecule has 1 aromatic heterocycles. The van der Waals surface area contributed by atoms with Crippen molar-refractivity contribution in [1.29, 1.82) is 0 Å². The van der Waals surface area contributed by atoms with Crippen LogP contribution in [0.4, 0.5) is 0 Å². The number of rotatable bonds is 4. The molecule has 0 aliphatic heterocycles. The van der Waals surface area contributed by atoms with Gasteiger partial charge in [0.2, 0.25) is 0 Å². The lowest BCUT2D eigenvalue weighted by Crippen LogP contribution is -2.02.